The fourth-order valence-corrected chi connectivity index (χ4v) is 4.77. The Morgan fingerprint density at radius 1 is 1.05 bits per heavy atom. The minimum Gasteiger partial charge on any atom is -0.311 e. The van der Waals surface area contributed by atoms with E-state index < -0.39 is 0 Å². The monoisotopic (exact) mass is 271 g/mol. The van der Waals surface area contributed by atoms with Crippen molar-refractivity contribution < 1.29 is 0 Å². The molecule has 110 valence electrons. The molecule has 0 spiro atoms. The van der Waals surface area contributed by atoms with Gasteiger partial charge in [-0.3, -0.25) is 0 Å². The Morgan fingerprint density at radius 2 is 1.75 bits per heavy atom. The van der Waals surface area contributed by atoms with Crippen LogP contribution in [0.5, 0.6) is 0 Å². The van der Waals surface area contributed by atoms with Crippen molar-refractivity contribution in [2.45, 2.75) is 58.4 Å². The quantitative estimate of drug-likeness (QED) is 0.782. The van der Waals surface area contributed by atoms with Gasteiger partial charge in [0.1, 0.15) is 0 Å². The Morgan fingerprint density at radius 3 is 2.40 bits per heavy atom. The molecule has 0 amide bonds. The summed E-state index contributed by atoms with van der Waals surface area (Å²) in [5.74, 6) is 1.85. The van der Waals surface area contributed by atoms with Gasteiger partial charge in [-0.1, -0.05) is 44.2 Å². The molecule has 1 nitrogen and oxygen atoms in total. The van der Waals surface area contributed by atoms with E-state index in [1.54, 1.807) is 0 Å². The van der Waals surface area contributed by atoms with Crippen molar-refractivity contribution in [1.82, 2.24) is 5.32 Å². The molecule has 2 saturated carbocycles. The zero-order valence-electron chi connectivity index (χ0n) is 13.3. The van der Waals surface area contributed by atoms with Gasteiger partial charge in [-0.2, -0.15) is 0 Å². The smallest absolute Gasteiger partial charge is 0.0235 e. The molecule has 0 heterocycles. The third-order valence-corrected chi connectivity index (χ3v) is 6.59. The summed E-state index contributed by atoms with van der Waals surface area (Å²) in [5, 5.41) is 3.95. The van der Waals surface area contributed by atoms with E-state index >= 15 is 0 Å². The van der Waals surface area contributed by atoms with E-state index in [1.807, 2.05) is 0 Å². The van der Waals surface area contributed by atoms with Crippen molar-refractivity contribution in [1.29, 1.82) is 0 Å². The zero-order valence-corrected chi connectivity index (χ0v) is 13.3. The van der Waals surface area contributed by atoms with Crippen LogP contribution in [-0.4, -0.2) is 12.1 Å². The van der Waals surface area contributed by atoms with Crippen LogP contribution in [0.2, 0.25) is 0 Å². The van der Waals surface area contributed by atoms with Gasteiger partial charge in [-0.15, -0.1) is 0 Å². The number of fused-ring (bicyclic) bond motifs is 2. The third kappa shape index (κ3) is 2.20. The largest absolute Gasteiger partial charge is 0.311 e. The molecule has 0 aliphatic heterocycles. The summed E-state index contributed by atoms with van der Waals surface area (Å²) >= 11 is 0. The third-order valence-electron chi connectivity index (χ3n) is 6.59. The number of rotatable bonds is 5. The maximum atomic E-state index is 3.95. The van der Waals surface area contributed by atoms with E-state index in [9.17, 15) is 0 Å². The zero-order chi connectivity index (χ0) is 14.2. The molecule has 20 heavy (non-hydrogen) atoms. The van der Waals surface area contributed by atoms with Gasteiger partial charge in [0, 0.05) is 5.54 Å². The first-order chi connectivity index (χ1) is 9.54. The van der Waals surface area contributed by atoms with Crippen molar-refractivity contribution in [2.24, 2.45) is 17.3 Å². The maximum absolute atomic E-state index is 3.95. The van der Waals surface area contributed by atoms with Gasteiger partial charge < -0.3 is 5.32 Å². The number of hydrogen-bond donors (Lipinski definition) is 1. The molecule has 2 bridgehead atoms. The Labute approximate surface area is 124 Å². The Balaban J connectivity index is 1.53. The lowest BCUT2D eigenvalue weighted by Crippen LogP contribution is -2.57. The lowest BCUT2D eigenvalue weighted by atomic mass is 9.64. The predicted octanol–water partition coefficient (Wildman–Crippen LogP) is 4.42. The number of aryl methyl sites for hydroxylation is 1. The summed E-state index contributed by atoms with van der Waals surface area (Å²) in [6.45, 7) is 8.61. The maximum Gasteiger partial charge on any atom is 0.0235 e. The molecule has 1 heteroatoms. The van der Waals surface area contributed by atoms with Gasteiger partial charge in [0.25, 0.3) is 0 Å². The highest BCUT2D eigenvalue weighted by molar-refractivity contribution is 5.16. The highest BCUT2D eigenvalue weighted by Gasteiger charge is 2.59. The van der Waals surface area contributed by atoms with Crippen LogP contribution in [-0.2, 0) is 6.42 Å². The highest BCUT2D eigenvalue weighted by Crippen LogP contribution is 2.61. The minimum absolute atomic E-state index is 0.354. The fraction of sp³-hybridized carbons (Fsp3) is 0.684. The van der Waals surface area contributed by atoms with Crippen molar-refractivity contribution in [3.05, 3.63) is 35.9 Å². The van der Waals surface area contributed by atoms with E-state index in [2.05, 4.69) is 56.4 Å². The van der Waals surface area contributed by atoms with E-state index in [0.717, 1.165) is 18.4 Å². The number of nitrogens with one attached hydrogen (secondary N) is 1. The Hall–Kier alpha value is -0.820. The van der Waals surface area contributed by atoms with Crippen LogP contribution < -0.4 is 5.32 Å². The molecular weight excluding hydrogens is 242 g/mol. The summed E-state index contributed by atoms with van der Waals surface area (Å²) in [6, 6.07) is 10.9. The second-order valence-corrected chi connectivity index (χ2v) is 7.65. The van der Waals surface area contributed by atoms with Crippen molar-refractivity contribution in [3.8, 4) is 0 Å². The lowest BCUT2D eigenvalue weighted by Gasteiger charge is -2.48. The van der Waals surface area contributed by atoms with Gasteiger partial charge in [0.05, 0.1) is 0 Å². The van der Waals surface area contributed by atoms with Crippen molar-refractivity contribution in [3.63, 3.8) is 0 Å². The average molecular weight is 271 g/mol. The molecular formula is C19H29N. The molecule has 2 fully saturated rings. The van der Waals surface area contributed by atoms with Crippen molar-refractivity contribution in [2.75, 3.05) is 6.54 Å². The van der Waals surface area contributed by atoms with Gasteiger partial charge in [-0.25, -0.2) is 0 Å². The van der Waals surface area contributed by atoms with Crippen LogP contribution in [0.4, 0.5) is 0 Å². The number of hydrogen-bond acceptors (Lipinski definition) is 1. The van der Waals surface area contributed by atoms with Crippen LogP contribution >= 0.6 is 0 Å². The lowest BCUT2D eigenvalue weighted by molar-refractivity contribution is 0.0660. The topological polar surface area (TPSA) is 12.0 Å². The Bertz CT molecular complexity index is 450. The fourth-order valence-electron chi connectivity index (χ4n) is 4.77. The molecule has 3 rings (SSSR count). The molecule has 2 aliphatic carbocycles. The first kappa shape index (κ1) is 14.1. The SMILES string of the molecule is CC1(C)[C@H]2CC[C@@H](C2)[C@@]1(C)NCCCc1ccccc1. The second kappa shape index (κ2) is 5.18. The van der Waals surface area contributed by atoms with Gasteiger partial charge in [-0.05, 0) is 68.4 Å². The molecule has 2 aliphatic rings. The molecule has 0 saturated heterocycles. The van der Waals surface area contributed by atoms with E-state index in [0.29, 0.717) is 11.0 Å². The standard InChI is InChI=1S/C19H29N/c1-18(2)16-11-12-17(14-16)19(18,3)20-13-7-10-15-8-5-4-6-9-15/h4-6,8-9,16-17,20H,7,10-14H2,1-3H3/t16-,17-,19+/m0/s1. The molecule has 1 aromatic carbocycles. The molecule has 0 aromatic heterocycles. The summed E-state index contributed by atoms with van der Waals surface area (Å²) in [4.78, 5) is 0. The Kier molecular flexibility index (Phi) is 3.66. The first-order valence-corrected chi connectivity index (χ1v) is 8.33. The molecule has 0 unspecified atom stereocenters. The van der Waals surface area contributed by atoms with Gasteiger partial charge in [0.15, 0.2) is 0 Å². The number of benzene rings is 1. The molecule has 1 aromatic rings. The summed E-state index contributed by atoms with van der Waals surface area (Å²) < 4.78 is 0. The first-order valence-electron chi connectivity index (χ1n) is 8.33. The van der Waals surface area contributed by atoms with Crippen LogP contribution in [0.15, 0.2) is 30.3 Å². The van der Waals surface area contributed by atoms with Gasteiger partial charge in [0.2, 0.25) is 0 Å². The molecule has 0 radical (unpaired) electrons. The predicted molar refractivity (Wildman–Crippen MR) is 85.8 cm³/mol. The van der Waals surface area contributed by atoms with Gasteiger partial charge >= 0.3 is 0 Å². The van der Waals surface area contributed by atoms with Crippen LogP contribution in [0, 0.1) is 17.3 Å². The second-order valence-electron chi connectivity index (χ2n) is 7.65. The molecule has 3 atom stereocenters. The molecule has 1 N–H and O–H groups in total. The van der Waals surface area contributed by atoms with Crippen LogP contribution in [0.1, 0.15) is 52.0 Å². The van der Waals surface area contributed by atoms with E-state index in [-0.39, 0.29) is 0 Å². The summed E-state index contributed by atoms with van der Waals surface area (Å²) in [7, 11) is 0. The van der Waals surface area contributed by atoms with E-state index in [1.165, 1.54) is 37.7 Å². The minimum atomic E-state index is 0.354. The summed E-state index contributed by atoms with van der Waals surface area (Å²) in [6.07, 6.45) is 6.79. The van der Waals surface area contributed by atoms with Crippen LogP contribution in [0.3, 0.4) is 0 Å². The normalized spacial score (nSPS) is 34.5. The van der Waals surface area contributed by atoms with Crippen LogP contribution in [0.25, 0.3) is 0 Å². The van der Waals surface area contributed by atoms with Crippen molar-refractivity contribution >= 4 is 0 Å². The van der Waals surface area contributed by atoms with E-state index in [4.69, 9.17) is 0 Å². The summed E-state index contributed by atoms with van der Waals surface area (Å²) in [5.41, 5.74) is 2.28. The highest BCUT2D eigenvalue weighted by atomic mass is 15.0. The average Bonchev–Trinajstić information content (AvgIpc) is 3.00.